The summed E-state index contributed by atoms with van der Waals surface area (Å²) in [5.74, 6) is -1.83. The third kappa shape index (κ3) is 3.71. The number of carboxylic acid groups (broad SMARTS) is 1. The number of aliphatic carboxylic acids is 1. The number of carboxylic acids is 1. The molecule has 0 saturated carbocycles. The molecule has 7 N–H and O–H groups in total. The summed E-state index contributed by atoms with van der Waals surface area (Å²) in [5, 5.41) is 48.0. The first-order valence-corrected chi connectivity index (χ1v) is 6.96. The van der Waals surface area contributed by atoms with Crippen molar-refractivity contribution in [2.24, 2.45) is 5.73 Å². The Kier molecular flexibility index (Phi) is 5.39. The normalized spacial score (nSPS) is 30.9. The van der Waals surface area contributed by atoms with E-state index in [1.54, 1.807) is 6.07 Å². The number of nitrogens with two attached hydrogens (primary N) is 1. The third-order valence-corrected chi connectivity index (χ3v) is 3.51. The summed E-state index contributed by atoms with van der Waals surface area (Å²) in [7, 11) is 0. The first kappa shape index (κ1) is 17.4. The van der Waals surface area contributed by atoms with Gasteiger partial charge in [-0.15, -0.1) is 0 Å². The molecule has 9 heteroatoms. The van der Waals surface area contributed by atoms with Crippen molar-refractivity contribution in [3.8, 4) is 11.5 Å². The van der Waals surface area contributed by atoms with Gasteiger partial charge in [0.15, 0.2) is 17.6 Å². The molecule has 0 bridgehead atoms. The minimum absolute atomic E-state index is 0.0671. The highest BCUT2D eigenvalue weighted by atomic mass is 16.7. The van der Waals surface area contributed by atoms with Crippen molar-refractivity contribution in [2.45, 2.75) is 37.1 Å². The van der Waals surface area contributed by atoms with Crippen molar-refractivity contribution >= 4 is 5.97 Å². The molecule has 0 unspecified atom stereocenters. The van der Waals surface area contributed by atoms with E-state index in [9.17, 15) is 25.2 Å². The third-order valence-electron chi connectivity index (χ3n) is 3.51. The summed E-state index contributed by atoms with van der Waals surface area (Å²) in [6.07, 6.45) is -8.06. The highest BCUT2D eigenvalue weighted by molar-refractivity contribution is 5.73. The molecule has 1 aliphatic rings. The van der Waals surface area contributed by atoms with Gasteiger partial charge in [0.25, 0.3) is 0 Å². The number of benzene rings is 1. The van der Waals surface area contributed by atoms with Crippen LogP contribution >= 0.6 is 0 Å². The molecular weight excluding hydrogens is 310 g/mol. The molecule has 2 rings (SSSR count). The number of phenolic OH excluding ortho intramolecular Hbond substituents is 1. The van der Waals surface area contributed by atoms with Gasteiger partial charge in [0.2, 0.25) is 6.29 Å². The fraction of sp³-hybridized carbons (Fsp3) is 0.500. The Labute approximate surface area is 131 Å². The van der Waals surface area contributed by atoms with Gasteiger partial charge in [0.1, 0.15) is 18.3 Å². The molecule has 1 aliphatic heterocycles. The van der Waals surface area contributed by atoms with Gasteiger partial charge in [-0.05, 0) is 30.7 Å². The lowest BCUT2D eigenvalue weighted by Gasteiger charge is -2.38. The van der Waals surface area contributed by atoms with Gasteiger partial charge >= 0.3 is 5.97 Å². The molecule has 9 nitrogen and oxygen atoms in total. The molecule has 0 amide bonds. The van der Waals surface area contributed by atoms with E-state index in [1.807, 2.05) is 0 Å². The fourth-order valence-electron chi connectivity index (χ4n) is 2.26. The van der Waals surface area contributed by atoms with E-state index in [4.69, 9.17) is 20.3 Å². The van der Waals surface area contributed by atoms with Crippen LogP contribution in [0.2, 0.25) is 0 Å². The van der Waals surface area contributed by atoms with Crippen molar-refractivity contribution in [1.29, 1.82) is 0 Å². The Morgan fingerprint density at radius 1 is 1.22 bits per heavy atom. The van der Waals surface area contributed by atoms with Crippen LogP contribution in [0.25, 0.3) is 0 Å². The van der Waals surface area contributed by atoms with E-state index in [0.717, 1.165) is 5.56 Å². The maximum absolute atomic E-state index is 11.0. The summed E-state index contributed by atoms with van der Waals surface area (Å²) < 4.78 is 10.2. The molecule has 1 aromatic rings. The summed E-state index contributed by atoms with van der Waals surface area (Å²) in [6.45, 7) is 0.397. The minimum atomic E-state index is -1.80. The highest BCUT2D eigenvalue weighted by Gasteiger charge is 2.48. The van der Waals surface area contributed by atoms with Crippen LogP contribution in [0.15, 0.2) is 18.2 Å². The number of hydrogen-bond acceptors (Lipinski definition) is 8. The molecule has 128 valence electrons. The molecule has 1 aromatic carbocycles. The predicted molar refractivity (Wildman–Crippen MR) is 75.8 cm³/mol. The lowest BCUT2D eigenvalue weighted by Crippen LogP contribution is -2.61. The number of carbonyl (C=O) groups is 1. The van der Waals surface area contributed by atoms with Crippen molar-refractivity contribution in [3.63, 3.8) is 0 Å². The molecule has 1 saturated heterocycles. The van der Waals surface area contributed by atoms with Crippen LogP contribution in [0.5, 0.6) is 11.5 Å². The van der Waals surface area contributed by atoms with Crippen molar-refractivity contribution < 1.29 is 39.8 Å². The Bertz CT molecular complexity index is 566. The van der Waals surface area contributed by atoms with E-state index in [1.165, 1.54) is 12.1 Å². The molecule has 0 aliphatic carbocycles. The zero-order valence-electron chi connectivity index (χ0n) is 12.1. The SMILES string of the molecule is NCCc1ccc(O[C@@H]2O[C@H](C(=O)O)[C@@H](O)[C@H](O)[C@H]2O)c(O)c1. The van der Waals surface area contributed by atoms with Gasteiger partial charge in [0.05, 0.1) is 0 Å². The predicted octanol–water partition coefficient (Wildman–Crippen LogP) is -1.84. The van der Waals surface area contributed by atoms with Gasteiger partial charge in [-0.3, -0.25) is 0 Å². The summed E-state index contributed by atoms with van der Waals surface area (Å²) in [4.78, 5) is 11.0. The van der Waals surface area contributed by atoms with E-state index in [-0.39, 0.29) is 11.5 Å². The van der Waals surface area contributed by atoms with Gasteiger partial charge < -0.3 is 40.7 Å². The van der Waals surface area contributed by atoms with E-state index in [2.05, 4.69) is 0 Å². The molecule has 5 atom stereocenters. The number of aliphatic hydroxyl groups excluding tert-OH is 3. The summed E-state index contributed by atoms with van der Waals surface area (Å²) in [6, 6.07) is 4.46. The Morgan fingerprint density at radius 3 is 2.48 bits per heavy atom. The van der Waals surface area contributed by atoms with Crippen LogP contribution in [0.4, 0.5) is 0 Å². The smallest absolute Gasteiger partial charge is 0.335 e. The first-order valence-electron chi connectivity index (χ1n) is 6.96. The highest BCUT2D eigenvalue weighted by Crippen LogP contribution is 2.31. The van der Waals surface area contributed by atoms with Crippen LogP contribution in [-0.2, 0) is 16.0 Å². The van der Waals surface area contributed by atoms with Gasteiger partial charge in [-0.1, -0.05) is 6.07 Å². The van der Waals surface area contributed by atoms with E-state index in [0.29, 0.717) is 13.0 Å². The van der Waals surface area contributed by atoms with Crippen molar-refractivity contribution in [2.75, 3.05) is 6.54 Å². The molecule has 1 fully saturated rings. The van der Waals surface area contributed by atoms with E-state index >= 15 is 0 Å². The lowest BCUT2D eigenvalue weighted by molar-refractivity contribution is -0.271. The molecule has 23 heavy (non-hydrogen) atoms. The average molecular weight is 329 g/mol. The second kappa shape index (κ2) is 7.11. The number of hydrogen-bond donors (Lipinski definition) is 6. The largest absolute Gasteiger partial charge is 0.504 e. The molecule has 0 spiro atoms. The number of aliphatic hydroxyl groups is 3. The maximum Gasteiger partial charge on any atom is 0.335 e. The zero-order valence-corrected chi connectivity index (χ0v) is 12.1. The van der Waals surface area contributed by atoms with Crippen LogP contribution < -0.4 is 10.5 Å². The number of rotatable bonds is 5. The summed E-state index contributed by atoms with van der Waals surface area (Å²) in [5.41, 5.74) is 6.18. The van der Waals surface area contributed by atoms with Gasteiger partial charge in [-0.25, -0.2) is 4.79 Å². The summed E-state index contributed by atoms with van der Waals surface area (Å²) >= 11 is 0. The molecule has 1 heterocycles. The Hall–Kier alpha value is -1.91. The van der Waals surface area contributed by atoms with Gasteiger partial charge in [0, 0.05) is 0 Å². The van der Waals surface area contributed by atoms with Crippen LogP contribution in [0.3, 0.4) is 0 Å². The van der Waals surface area contributed by atoms with E-state index < -0.39 is 36.7 Å². The van der Waals surface area contributed by atoms with Crippen LogP contribution in [0.1, 0.15) is 5.56 Å². The van der Waals surface area contributed by atoms with Crippen LogP contribution in [-0.4, -0.2) is 68.8 Å². The Morgan fingerprint density at radius 2 is 1.91 bits per heavy atom. The van der Waals surface area contributed by atoms with Crippen LogP contribution in [0, 0.1) is 0 Å². The second-order valence-electron chi connectivity index (χ2n) is 5.19. The first-order chi connectivity index (χ1) is 10.8. The lowest BCUT2D eigenvalue weighted by atomic mass is 9.99. The molecular formula is C14H19NO8. The van der Waals surface area contributed by atoms with Gasteiger partial charge in [-0.2, -0.15) is 0 Å². The maximum atomic E-state index is 11.0. The Balaban J connectivity index is 2.16. The monoisotopic (exact) mass is 329 g/mol. The number of phenols is 1. The molecule has 0 aromatic heterocycles. The second-order valence-corrected chi connectivity index (χ2v) is 5.19. The molecule has 0 radical (unpaired) electrons. The van der Waals surface area contributed by atoms with Crippen molar-refractivity contribution in [1.82, 2.24) is 0 Å². The number of aromatic hydroxyl groups is 1. The van der Waals surface area contributed by atoms with Crippen molar-refractivity contribution in [3.05, 3.63) is 23.8 Å². The average Bonchev–Trinajstić information content (AvgIpc) is 2.50. The fourth-order valence-corrected chi connectivity index (χ4v) is 2.26. The zero-order chi connectivity index (χ0) is 17.1. The minimum Gasteiger partial charge on any atom is -0.504 e. The topological polar surface area (TPSA) is 163 Å². The number of ether oxygens (including phenoxy) is 2. The standard InChI is InChI=1S/C14H19NO8/c15-4-3-6-1-2-8(7(16)5-6)22-14-11(19)9(17)10(18)12(23-14)13(20)21/h1-2,5,9-12,14,16-19H,3-4,15H2,(H,20,21)/t9-,10-,11+,12-,14+/m0/s1. The quantitative estimate of drug-likeness (QED) is 0.364.